The minimum atomic E-state index is -1.36. The van der Waals surface area contributed by atoms with Gasteiger partial charge in [0, 0.05) is 40.4 Å². The second-order valence-electron chi connectivity index (χ2n) is 10.1. The quantitative estimate of drug-likeness (QED) is 0.341. The van der Waals surface area contributed by atoms with Crippen LogP contribution in [0.2, 0.25) is 5.02 Å². The molecule has 4 heterocycles. The van der Waals surface area contributed by atoms with Crippen LogP contribution >= 0.6 is 11.6 Å². The smallest absolute Gasteiger partial charge is 0.238 e. The first-order valence-electron chi connectivity index (χ1n) is 12.7. The number of carbonyl (C=O) groups is 3. The van der Waals surface area contributed by atoms with Crippen LogP contribution in [-0.2, 0) is 10.2 Å². The van der Waals surface area contributed by atoms with Gasteiger partial charge < -0.3 is 10.2 Å². The van der Waals surface area contributed by atoms with Crippen LogP contribution in [0.4, 0.5) is 5.69 Å². The molecule has 4 atom stereocenters. The highest BCUT2D eigenvalue weighted by atomic mass is 35.5. The summed E-state index contributed by atoms with van der Waals surface area (Å²) in [6.45, 7) is 0. The Balaban J connectivity index is 1.54. The maximum Gasteiger partial charge on any atom is 0.238 e. The maximum absolute atomic E-state index is 14.6. The summed E-state index contributed by atoms with van der Waals surface area (Å²) >= 11 is 6.13. The molecular weight excluding hydrogens is 510 g/mol. The van der Waals surface area contributed by atoms with Crippen LogP contribution in [0.5, 0.6) is 0 Å². The van der Waals surface area contributed by atoms with Gasteiger partial charge in [-0.05, 0) is 65.2 Å². The van der Waals surface area contributed by atoms with Crippen molar-refractivity contribution in [3.63, 3.8) is 0 Å². The van der Waals surface area contributed by atoms with Crippen LogP contribution in [0.3, 0.4) is 0 Å². The van der Waals surface area contributed by atoms with Crippen molar-refractivity contribution in [1.29, 1.82) is 0 Å². The Morgan fingerprint density at radius 1 is 0.846 bits per heavy atom. The van der Waals surface area contributed by atoms with Crippen LogP contribution in [0, 0.1) is 5.92 Å². The number of benzene rings is 3. The number of halogens is 1. The number of ketones is 2. The maximum atomic E-state index is 14.6. The fraction of sp³-hybridized carbons (Fsp3) is 0.125. The summed E-state index contributed by atoms with van der Waals surface area (Å²) in [5, 5.41) is 3.56. The summed E-state index contributed by atoms with van der Waals surface area (Å²) in [5.41, 5.74) is 2.68. The summed E-state index contributed by atoms with van der Waals surface area (Å²) in [6, 6.07) is 23.7. The van der Waals surface area contributed by atoms with Crippen molar-refractivity contribution < 1.29 is 14.4 Å². The first-order valence-corrected chi connectivity index (χ1v) is 13.1. The largest absolute Gasteiger partial charge is 0.358 e. The lowest BCUT2D eigenvalue weighted by Crippen LogP contribution is -2.49. The van der Waals surface area contributed by atoms with E-state index in [9.17, 15) is 14.4 Å². The molecule has 1 spiro atoms. The lowest BCUT2D eigenvalue weighted by molar-refractivity contribution is -0.122. The molecule has 0 saturated carbocycles. The Morgan fingerprint density at radius 2 is 1.54 bits per heavy atom. The van der Waals surface area contributed by atoms with E-state index in [-0.39, 0.29) is 17.5 Å². The number of para-hydroxylation sites is 1. The molecule has 3 aliphatic heterocycles. The number of Topliss-reactive ketones (excluding diaryl/α,β-unsaturated/α-hetero) is 2. The topological polar surface area (TPSA) is 79.4 Å². The number of hydrogen-bond acceptors (Lipinski definition) is 5. The number of carbonyl (C=O) groups excluding carboxylic acids is 3. The second-order valence-corrected chi connectivity index (χ2v) is 10.5. The number of fused-ring (bicyclic) bond motifs is 6. The minimum absolute atomic E-state index is 0.248. The summed E-state index contributed by atoms with van der Waals surface area (Å²) in [4.78, 5) is 49.4. The zero-order chi connectivity index (χ0) is 26.7. The minimum Gasteiger partial charge on any atom is -0.358 e. The predicted molar refractivity (Wildman–Crippen MR) is 148 cm³/mol. The zero-order valence-corrected chi connectivity index (χ0v) is 21.4. The third-order valence-corrected chi connectivity index (χ3v) is 8.47. The van der Waals surface area contributed by atoms with Crippen LogP contribution in [-0.4, -0.2) is 33.4 Å². The molecule has 39 heavy (non-hydrogen) atoms. The van der Waals surface area contributed by atoms with Crippen molar-refractivity contribution in [2.24, 2.45) is 5.92 Å². The number of hydrogen-bond donors (Lipinski definition) is 1. The van der Waals surface area contributed by atoms with Crippen molar-refractivity contribution in [2.75, 3.05) is 5.32 Å². The Labute approximate surface area is 229 Å². The molecule has 0 aliphatic carbocycles. The van der Waals surface area contributed by atoms with Gasteiger partial charge in [-0.25, -0.2) is 0 Å². The molecular formula is C32H22ClN3O3. The zero-order valence-electron chi connectivity index (χ0n) is 20.6. The van der Waals surface area contributed by atoms with E-state index in [1.165, 1.54) is 0 Å². The average molecular weight is 532 g/mol. The van der Waals surface area contributed by atoms with E-state index in [1.54, 1.807) is 48.8 Å². The van der Waals surface area contributed by atoms with E-state index in [0.717, 1.165) is 11.1 Å². The number of pyridine rings is 1. The first kappa shape index (κ1) is 23.6. The number of nitrogens with zero attached hydrogens (tertiary/aromatic N) is 2. The van der Waals surface area contributed by atoms with Gasteiger partial charge in [-0.2, -0.15) is 0 Å². The van der Waals surface area contributed by atoms with Gasteiger partial charge in [-0.1, -0.05) is 54.1 Å². The fourth-order valence-electron chi connectivity index (χ4n) is 6.65. The molecule has 1 N–H and O–H groups in total. The van der Waals surface area contributed by atoms with Gasteiger partial charge in [0.25, 0.3) is 0 Å². The first-order chi connectivity index (χ1) is 19.0. The lowest BCUT2D eigenvalue weighted by atomic mass is 9.62. The molecule has 0 bridgehead atoms. The highest BCUT2D eigenvalue weighted by molar-refractivity contribution is 6.30. The Kier molecular flexibility index (Phi) is 5.28. The van der Waals surface area contributed by atoms with Crippen molar-refractivity contribution in [3.05, 3.63) is 136 Å². The molecule has 1 aromatic heterocycles. The molecule has 0 unspecified atom stereocenters. The monoisotopic (exact) mass is 531 g/mol. The van der Waals surface area contributed by atoms with E-state index in [1.807, 2.05) is 65.7 Å². The van der Waals surface area contributed by atoms with Gasteiger partial charge in [0.15, 0.2) is 11.6 Å². The SMILES string of the molecule is O=C(c1ccc(Cl)cc1)[C@@H]1[C@@H](C(=O)c2ccncc2)[C@@]2(C(=O)Nc3ccccc32)[C@H]2c3ccccc3C=CN12. The molecule has 6 nitrogen and oxygen atoms in total. The van der Waals surface area contributed by atoms with Gasteiger partial charge in [-0.3, -0.25) is 19.4 Å². The summed E-state index contributed by atoms with van der Waals surface area (Å²) in [7, 11) is 0. The Bertz CT molecular complexity index is 1680. The van der Waals surface area contributed by atoms with Gasteiger partial charge >= 0.3 is 0 Å². The second kappa shape index (κ2) is 8.75. The average Bonchev–Trinajstić information content (AvgIpc) is 3.45. The molecule has 0 radical (unpaired) electrons. The van der Waals surface area contributed by atoms with Gasteiger partial charge in [-0.15, -0.1) is 0 Å². The van der Waals surface area contributed by atoms with Crippen LogP contribution in [0.1, 0.15) is 43.4 Å². The van der Waals surface area contributed by atoms with E-state index >= 15 is 0 Å². The fourth-order valence-corrected chi connectivity index (χ4v) is 6.77. The molecule has 3 aliphatic rings. The van der Waals surface area contributed by atoms with E-state index in [4.69, 9.17) is 11.6 Å². The van der Waals surface area contributed by atoms with Crippen molar-refractivity contribution >= 4 is 40.8 Å². The number of nitrogens with one attached hydrogen (secondary N) is 1. The van der Waals surface area contributed by atoms with Gasteiger partial charge in [0.1, 0.15) is 11.5 Å². The molecule has 3 aromatic carbocycles. The predicted octanol–water partition coefficient (Wildman–Crippen LogP) is 5.72. The molecule has 4 aromatic rings. The number of aromatic nitrogens is 1. The molecule has 7 rings (SSSR count). The highest BCUT2D eigenvalue weighted by Crippen LogP contribution is 2.62. The van der Waals surface area contributed by atoms with Crippen LogP contribution in [0.25, 0.3) is 6.08 Å². The molecule has 7 heteroatoms. The van der Waals surface area contributed by atoms with Gasteiger partial charge in [0.05, 0.1) is 12.0 Å². The van der Waals surface area contributed by atoms with Crippen molar-refractivity contribution in [2.45, 2.75) is 17.5 Å². The lowest BCUT2D eigenvalue weighted by Gasteiger charge is -2.38. The van der Waals surface area contributed by atoms with Gasteiger partial charge in [0.2, 0.25) is 5.91 Å². The Hall–Kier alpha value is -4.55. The van der Waals surface area contributed by atoms with E-state index in [2.05, 4.69) is 10.3 Å². The van der Waals surface area contributed by atoms with E-state index in [0.29, 0.717) is 27.4 Å². The summed E-state index contributed by atoms with van der Waals surface area (Å²) < 4.78 is 0. The third-order valence-electron chi connectivity index (χ3n) is 8.22. The van der Waals surface area contributed by atoms with Crippen molar-refractivity contribution in [1.82, 2.24) is 9.88 Å². The molecule has 1 saturated heterocycles. The third kappa shape index (κ3) is 3.28. The van der Waals surface area contributed by atoms with Crippen molar-refractivity contribution in [3.8, 4) is 0 Å². The summed E-state index contributed by atoms with van der Waals surface area (Å²) in [6.07, 6.45) is 6.91. The number of anilines is 1. The molecule has 1 amide bonds. The molecule has 190 valence electrons. The normalized spacial score (nSPS) is 24.2. The molecule has 1 fully saturated rings. The number of rotatable bonds is 4. The standard InChI is InChI=1S/C32H22ClN3O3/c33-22-11-9-20(10-12-22)29(38)27-26(28(37)21-13-16-34-17-14-21)32(24-7-3-4-8-25(24)35-31(32)39)30-23-6-2-1-5-19(23)15-18-36(27)30/h1-18,26-27,30H,(H,35,39)/t26-,27-,30+,32+/m0/s1. The Morgan fingerprint density at radius 3 is 2.33 bits per heavy atom. The van der Waals surface area contributed by atoms with E-state index < -0.39 is 23.4 Å². The highest BCUT2D eigenvalue weighted by Gasteiger charge is 2.70. The van der Waals surface area contributed by atoms with Crippen LogP contribution < -0.4 is 5.32 Å². The summed E-state index contributed by atoms with van der Waals surface area (Å²) in [5.74, 6) is -1.84. The van der Waals surface area contributed by atoms with Crippen LogP contribution in [0.15, 0.2) is 104 Å². The number of amides is 1.